The Labute approximate surface area is 225 Å². The number of guanidine groups is 1. The number of pyridine rings is 1. The molecule has 14 nitrogen and oxygen atoms in total. The van der Waals surface area contributed by atoms with E-state index in [1.54, 1.807) is 0 Å². The second-order valence-corrected chi connectivity index (χ2v) is 10.6. The number of carbonyl (C=O) groups excluding carboxylic acids is 1. The zero-order chi connectivity index (χ0) is 29.4. The number of nitrogens with one attached hydrogen (secondary N) is 4. The van der Waals surface area contributed by atoms with Crippen molar-refractivity contribution in [3.63, 3.8) is 0 Å². The lowest BCUT2D eigenvalue weighted by Gasteiger charge is -2.16. The highest BCUT2D eigenvalue weighted by atomic mass is 32.2. The third-order valence-corrected chi connectivity index (χ3v) is 7.82. The van der Waals surface area contributed by atoms with Gasteiger partial charge in [0.25, 0.3) is 5.91 Å². The van der Waals surface area contributed by atoms with Crippen LogP contribution in [0.1, 0.15) is 27.4 Å². The first-order valence-electron chi connectivity index (χ1n) is 11.8. The van der Waals surface area contributed by atoms with Gasteiger partial charge in [-0.05, 0) is 19.9 Å². The zero-order valence-electron chi connectivity index (χ0n) is 21.5. The Balaban J connectivity index is 1.57. The van der Waals surface area contributed by atoms with Crippen LogP contribution in [0.4, 0.5) is 8.78 Å². The smallest absolute Gasteiger partial charge is 0.323 e. The van der Waals surface area contributed by atoms with Gasteiger partial charge in [0.1, 0.15) is 28.0 Å². The van der Waals surface area contributed by atoms with Gasteiger partial charge in [0.2, 0.25) is 15.5 Å². The van der Waals surface area contributed by atoms with E-state index in [0.717, 1.165) is 16.8 Å². The van der Waals surface area contributed by atoms with Crippen LogP contribution >= 0.6 is 0 Å². The summed E-state index contributed by atoms with van der Waals surface area (Å²) in [6, 6.07) is -1.02. The second-order valence-electron chi connectivity index (χ2n) is 8.92. The summed E-state index contributed by atoms with van der Waals surface area (Å²) in [6.07, 6.45) is 1.02. The number of amides is 1. The molecule has 40 heavy (non-hydrogen) atoms. The highest BCUT2D eigenvalue weighted by Gasteiger charge is 2.31. The van der Waals surface area contributed by atoms with Crippen molar-refractivity contribution in [1.82, 2.24) is 30.4 Å². The Morgan fingerprint density at radius 1 is 1.30 bits per heavy atom. The Hall–Kier alpha value is -4.38. The lowest BCUT2D eigenvalue weighted by Crippen LogP contribution is -2.48. The molecule has 2 aromatic heterocycles. The van der Waals surface area contributed by atoms with Crippen LogP contribution in [-0.4, -0.2) is 66.8 Å². The van der Waals surface area contributed by atoms with Crippen molar-refractivity contribution in [2.75, 3.05) is 19.6 Å². The first-order valence-corrected chi connectivity index (χ1v) is 13.3. The first-order chi connectivity index (χ1) is 18.8. The molecule has 0 spiro atoms. The van der Waals surface area contributed by atoms with Gasteiger partial charge in [0.15, 0.2) is 17.5 Å². The summed E-state index contributed by atoms with van der Waals surface area (Å²) in [6.45, 7) is 2.77. The number of nitrogens with zero attached hydrogens (tertiary/aromatic N) is 3. The maximum absolute atomic E-state index is 15.3. The Bertz CT molecular complexity index is 1700. The van der Waals surface area contributed by atoms with Crippen molar-refractivity contribution in [3.05, 3.63) is 56.7 Å². The predicted octanol–water partition coefficient (Wildman–Crippen LogP) is -0.368. The van der Waals surface area contributed by atoms with Crippen LogP contribution < -0.4 is 26.1 Å². The van der Waals surface area contributed by atoms with Crippen molar-refractivity contribution in [2.24, 2.45) is 12.0 Å². The van der Waals surface area contributed by atoms with Crippen LogP contribution in [0.2, 0.25) is 0 Å². The molecule has 3 aromatic rings. The number of carboxylic acid groups (broad SMARTS) is 1. The molecule has 1 aromatic carbocycles. The molecule has 0 bridgehead atoms. The van der Waals surface area contributed by atoms with E-state index in [2.05, 4.69) is 26.1 Å². The molecular weight excluding hydrogens is 556 g/mol. The maximum Gasteiger partial charge on any atom is 0.323 e. The molecule has 214 valence electrons. The monoisotopic (exact) mass is 581 g/mol. The molecule has 1 aliphatic rings. The van der Waals surface area contributed by atoms with Crippen molar-refractivity contribution in [2.45, 2.75) is 31.3 Å². The third kappa shape index (κ3) is 5.50. The molecule has 0 saturated heterocycles. The largest absolute Gasteiger partial charge is 0.480 e. The van der Waals surface area contributed by atoms with Crippen LogP contribution in [0, 0.1) is 25.5 Å². The van der Waals surface area contributed by atoms with E-state index in [0.29, 0.717) is 19.0 Å². The molecule has 1 unspecified atom stereocenters. The summed E-state index contributed by atoms with van der Waals surface area (Å²) >= 11 is 0. The van der Waals surface area contributed by atoms with Gasteiger partial charge in [-0.1, -0.05) is 5.16 Å². The molecule has 4 rings (SSSR count). The quantitative estimate of drug-likeness (QED) is 0.222. The van der Waals surface area contributed by atoms with Gasteiger partial charge in [-0.15, -0.1) is 0 Å². The number of sulfonamides is 1. The van der Waals surface area contributed by atoms with Crippen LogP contribution in [0.25, 0.3) is 10.9 Å². The third-order valence-electron chi connectivity index (χ3n) is 6.10. The lowest BCUT2D eigenvalue weighted by atomic mass is 10.1. The van der Waals surface area contributed by atoms with Crippen molar-refractivity contribution in [1.29, 1.82) is 0 Å². The minimum Gasteiger partial charge on any atom is -0.480 e. The molecule has 0 aliphatic carbocycles. The van der Waals surface area contributed by atoms with E-state index in [4.69, 9.17) is 4.52 Å². The van der Waals surface area contributed by atoms with E-state index in [1.807, 2.05) is 4.72 Å². The molecular formula is C23H25F2N7O7S. The maximum atomic E-state index is 15.3. The molecule has 1 amide bonds. The molecule has 1 aliphatic heterocycles. The fourth-order valence-corrected chi connectivity index (χ4v) is 5.73. The van der Waals surface area contributed by atoms with Gasteiger partial charge in [-0.2, -0.15) is 4.72 Å². The molecule has 0 radical (unpaired) electrons. The summed E-state index contributed by atoms with van der Waals surface area (Å²) in [7, 11) is -3.06. The highest BCUT2D eigenvalue weighted by Crippen LogP contribution is 2.23. The standard InChI is InChI=1S/C23H25F2N7O7S/c1-10-20(11(2)39-30-10)40(37,38)31-16(22(35)36)8-28-21(34)14-9-32(3)18-12(19(14)33)6-15(24)13(17(18)25)7-29-23-26-4-5-27-23/h6,9,16,31H,4-5,7-8H2,1-3H3,(H,28,34)(H,35,36)(H2,26,27,29). The lowest BCUT2D eigenvalue weighted by molar-refractivity contribution is -0.138. The highest BCUT2D eigenvalue weighted by molar-refractivity contribution is 7.89. The van der Waals surface area contributed by atoms with E-state index >= 15 is 4.39 Å². The molecule has 3 heterocycles. The van der Waals surface area contributed by atoms with Gasteiger partial charge >= 0.3 is 5.97 Å². The fraction of sp³-hybridized carbons (Fsp3) is 0.348. The number of aromatic nitrogens is 2. The van der Waals surface area contributed by atoms with Crippen molar-refractivity contribution >= 4 is 38.8 Å². The van der Waals surface area contributed by atoms with Gasteiger partial charge in [-0.3, -0.25) is 19.4 Å². The van der Waals surface area contributed by atoms with E-state index in [-0.39, 0.29) is 34.0 Å². The Morgan fingerprint density at radius 2 is 2.02 bits per heavy atom. The first kappa shape index (κ1) is 28.6. The number of aryl methyl sites for hydroxylation is 3. The van der Waals surface area contributed by atoms with E-state index in [1.165, 1.54) is 20.9 Å². The molecule has 1 atom stereocenters. The average Bonchev–Trinajstić information content (AvgIpc) is 3.52. The van der Waals surface area contributed by atoms with E-state index < -0.39 is 62.5 Å². The topological polar surface area (TPSA) is 197 Å². The molecule has 17 heteroatoms. The number of carbonyl (C=O) groups is 2. The van der Waals surface area contributed by atoms with Crippen molar-refractivity contribution in [3.8, 4) is 0 Å². The normalized spacial score (nSPS) is 14.1. The van der Waals surface area contributed by atoms with Crippen LogP contribution in [0.3, 0.4) is 0 Å². The van der Waals surface area contributed by atoms with Gasteiger partial charge < -0.3 is 30.1 Å². The van der Waals surface area contributed by atoms with Crippen LogP contribution in [0.15, 0.2) is 31.5 Å². The van der Waals surface area contributed by atoms with Crippen LogP contribution in [0.5, 0.6) is 0 Å². The van der Waals surface area contributed by atoms with Gasteiger partial charge in [0.05, 0.1) is 17.4 Å². The summed E-state index contributed by atoms with van der Waals surface area (Å²) in [4.78, 5) is 41.3. The summed E-state index contributed by atoms with van der Waals surface area (Å²) < 4.78 is 63.4. The zero-order valence-corrected chi connectivity index (χ0v) is 22.3. The second kappa shape index (κ2) is 11.0. The number of aliphatic imine (C=N–C) groups is 1. The van der Waals surface area contributed by atoms with Gasteiger partial charge in [-0.25, -0.2) is 17.2 Å². The molecule has 5 N–H and O–H groups in total. The number of hydrogen-bond acceptors (Lipinski definition) is 10. The average molecular weight is 582 g/mol. The van der Waals surface area contributed by atoms with Crippen LogP contribution in [-0.2, 0) is 28.4 Å². The number of hydrogen-bond donors (Lipinski definition) is 5. The number of halogens is 2. The number of fused-ring (bicyclic) bond motifs is 1. The molecule has 0 fully saturated rings. The van der Waals surface area contributed by atoms with Gasteiger partial charge in [0, 0.05) is 38.4 Å². The van der Waals surface area contributed by atoms with E-state index in [9.17, 15) is 32.3 Å². The van der Waals surface area contributed by atoms with Crippen molar-refractivity contribution < 1.29 is 36.4 Å². The Morgan fingerprint density at radius 3 is 2.62 bits per heavy atom. The number of benzene rings is 1. The minimum absolute atomic E-state index is 0.000181. The Kier molecular flexibility index (Phi) is 7.88. The number of carboxylic acids is 1. The fourth-order valence-electron chi connectivity index (χ4n) is 4.21. The molecule has 0 saturated carbocycles. The SMILES string of the molecule is Cc1noc(C)c1S(=O)(=O)NC(CNC(=O)c1cn(C)c2c(F)c(CNC3=NCCN3)c(F)cc2c1=O)C(=O)O. The number of rotatable bonds is 9. The summed E-state index contributed by atoms with van der Waals surface area (Å²) in [5.41, 5.74) is -2.14. The summed E-state index contributed by atoms with van der Waals surface area (Å²) in [5.74, 6) is -4.42. The minimum atomic E-state index is -4.41. The summed E-state index contributed by atoms with van der Waals surface area (Å²) in [5, 5.41) is 20.5. The number of aliphatic carboxylic acids is 1. The predicted molar refractivity (Wildman–Crippen MR) is 136 cm³/mol.